The molecule has 186 valence electrons. The van der Waals surface area contributed by atoms with E-state index >= 15 is 0 Å². The topological polar surface area (TPSA) is 115 Å². The number of amides is 2. The molecule has 2 N–H and O–H groups in total. The maximum Gasteiger partial charge on any atom is 0.345 e. The van der Waals surface area contributed by atoms with E-state index < -0.39 is 17.8 Å². The van der Waals surface area contributed by atoms with Crippen LogP contribution < -0.4 is 25.0 Å². The monoisotopic (exact) mass is 529 g/mol. The molecule has 0 aliphatic heterocycles. The van der Waals surface area contributed by atoms with Crippen molar-refractivity contribution < 1.29 is 28.6 Å². The van der Waals surface area contributed by atoms with E-state index in [2.05, 4.69) is 15.8 Å². The lowest BCUT2D eigenvalue weighted by atomic mass is 10.2. The van der Waals surface area contributed by atoms with E-state index in [-0.39, 0.29) is 22.1 Å². The van der Waals surface area contributed by atoms with Gasteiger partial charge in [0.15, 0.2) is 11.5 Å². The fourth-order valence-corrected chi connectivity index (χ4v) is 3.33. The number of hydrogen-bond donors (Lipinski definition) is 2. The van der Waals surface area contributed by atoms with Gasteiger partial charge in [0.25, 0.3) is 0 Å². The van der Waals surface area contributed by atoms with Gasteiger partial charge in [-0.15, -0.1) is 0 Å². The van der Waals surface area contributed by atoms with Gasteiger partial charge in [-0.2, -0.15) is 5.10 Å². The zero-order valence-corrected chi connectivity index (χ0v) is 20.7. The molecule has 0 saturated heterocycles. The fourth-order valence-electron chi connectivity index (χ4n) is 2.85. The highest BCUT2D eigenvalue weighted by Gasteiger charge is 2.17. The highest BCUT2D eigenvalue weighted by molar-refractivity contribution is 6.39. The predicted molar refractivity (Wildman–Crippen MR) is 136 cm³/mol. The van der Waals surface area contributed by atoms with Gasteiger partial charge >= 0.3 is 17.8 Å². The lowest BCUT2D eigenvalue weighted by molar-refractivity contribution is -0.136. The summed E-state index contributed by atoms with van der Waals surface area (Å²) in [6.45, 7) is 2.07. The Hall–Kier alpha value is -4.08. The fraction of sp³-hybridized carbons (Fsp3) is 0.120. The van der Waals surface area contributed by atoms with Crippen molar-refractivity contribution in [2.45, 2.75) is 6.92 Å². The number of benzene rings is 3. The standard InChI is InChI=1S/C25H21Cl2N3O6/c1-3-35-22-12-15(4-11-21(22)36-25(33)19-10-5-16(26)13-20(19)27)14-28-30-24(32)23(31)29-17-6-8-18(34-2)9-7-17/h4-14H,3H2,1-2H3,(H,29,31)(H,30,32)/b28-14+. The molecule has 0 aromatic heterocycles. The molecule has 0 fully saturated rings. The first-order chi connectivity index (χ1) is 17.3. The molecule has 2 amide bonds. The van der Waals surface area contributed by atoms with Crippen molar-refractivity contribution in [1.29, 1.82) is 0 Å². The van der Waals surface area contributed by atoms with E-state index in [9.17, 15) is 14.4 Å². The van der Waals surface area contributed by atoms with Crippen LogP contribution in [0, 0.1) is 0 Å². The number of rotatable bonds is 8. The van der Waals surface area contributed by atoms with Crippen LogP contribution in [0.15, 0.2) is 65.8 Å². The Labute approximate surface area is 216 Å². The predicted octanol–water partition coefficient (Wildman–Crippen LogP) is 4.71. The molecule has 0 aliphatic carbocycles. The Bertz CT molecular complexity index is 1300. The van der Waals surface area contributed by atoms with Crippen molar-refractivity contribution in [2.75, 3.05) is 19.0 Å². The number of nitrogens with zero attached hydrogens (tertiary/aromatic N) is 1. The van der Waals surface area contributed by atoms with Crippen molar-refractivity contribution in [2.24, 2.45) is 5.10 Å². The summed E-state index contributed by atoms with van der Waals surface area (Å²) in [5.41, 5.74) is 3.22. The van der Waals surface area contributed by atoms with E-state index in [1.54, 1.807) is 43.3 Å². The number of methoxy groups -OCH3 is 1. The smallest absolute Gasteiger partial charge is 0.345 e. The second-order valence-electron chi connectivity index (χ2n) is 7.03. The van der Waals surface area contributed by atoms with Gasteiger partial charge in [-0.25, -0.2) is 10.2 Å². The number of nitrogens with one attached hydrogen (secondary N) is 2. The highest BCUT2D eigenvalue weighted by Crippen LogP contribution is 2.30. The first-order valence-electron chi connectivity index (χ1n) is 10.5. The molecule has 0 atom stereocenters. The molecule has 0 spiro atoms. The van der Waals surface area contributed by atoms with Crippen LogP contribution in [0.5, 0.6) is 17.2 Å². The zero-order chi connectivity index (χ0) is 26.1. The Balaban J connectivity index is 1.63. The largest absolute Gasteiger partial charge is 0.497 e. The number of hydrogen-bond acceptors (Lipinski definition) is 7. The van der Waals surface area contributed by atoms with Gasteiger partial charge in [0.05, 0.1) is 30.5 Å². The Morgan fingerprint density at radius 2 is 1.69 bits per heavy atom. The van der Waals surface area contributed by atoms with Crippen LogP contribution in [0.2, 0.25) is 10.0 Å². The summed E-state index contributed by atoms with van der Waals surface area (Å²) >= 11 is 11.9. The summed E-state index contributed by atoms with van der Waals surface area (Å²) in [6.07, 6.45) is 1.31. The zero-order valence-electron chi connectivity index (χ0n) is 19.2. The molecule has 3 rings (SSSR count). The normalized spacial score (nSPS) is 10.6. The van der Waals surface area contributed by atoms with Crippen molar-refractivity contribution in [1.82, 2.24) is 5.43 Å². The third-order valence-electron chi connectivity index (χ3n) is 4.56. The third kappa shape index (κ3) is 7.21. The number of carbonyl (C=O) groups is 3. The molecule has 9 nitrogen and oxygen atoms in total. The van der Waals surface area contributed by atoms with Crippen LogP contribution in [0.1, 0.15) is 22.8 Å². The van der Waals surface area contributed by atoms with E-state index in [1.807, 2.05) is 0 Å². The van der Waals surface area contributed by atoms with Crippen LogP contribution in [0.25, 0.3) is 0 Å². The number of anilines is 1. The highest BCUT2D eigenvalue weighted by atomic mass is 35.5. The van der Waals surface area contributed by atoms with Gasteiger partial charge < -0.3 is 19.5 Å². The van der Waals surface area contributed by atoms with E-state index in [4.69, 9.17) is 37.4 Å². The minimum atomic E-state index is -0.961. The molecule has 0 radical (unpaired) electrons. The van der Waals surface area contributed by atoms with Crippen molar-refractivity contribution in [3.63, 3.8) is 0 Å². The quantitative estimate of drug-likeness (QED) is 0.143. The van der Waals surface area contributed by atoms with Gasteiger partial charge in [0, 0.05) is 10.7 Å². The van der Waals surface area contributed by atoms with Gasteiger partial charge in [-0.3, -0.25) is 9.59 Å². The van der Waals surface area contributed by atoms with Crippen LogP contribution in [-0.4, -0.2) is 37.7 Å². The van der Waals surface area contributed by atoms with Crippen LogP contribution in [0.4, 0.5) is 5.69 Å². The molecule has 0 bridgehead atoms. The lowest BCUT2D eigenvalue weighted by Gasteiger charge is -2.12. The van der Waals surface area contributed by atoms with E-state index in [0.29, 0.717) is 28.6 Å². The summed E-state index contributed by atoms with van der Waals surface area (Å²) in [4.78, 5) is 36.6. The van der Waals surface area contributed by atoms with Crippen LogP contribution in [-0.2, 0) is 9.59 Å². The Kier molecular flexibility index (Phi) is 9.26. The Morgan fingerprint density at radius 1 is 0.944 bits per heavy atom. The average Bonchev–Trinajstić information content (AvgIpc) is 2.86. The summed E-state index contributed by atoms with van der Waals surface area (Å²) in [7, 11) is 1.52. The summed E-state index contributed by atoms with van der Waals surface area (Å²) < 4.78 is 16.0. The van der Waals surface area contributed by atoms with Gasteiger partial charge in [-0.05, 0) is 73.2 Å². The number of ether oxygens (including phenoxy) is 3. The van der Waals surface area contributed by atoms with Crippen molar-refractivity contribution >= 4 is 52.9 Å². The van der Waals surface area contributed by atoms with Gasteiger partial charge in [-0.1, -0.05) is 23.2 Å². The maximum atomic E-state index is 12.5. The molecular weight excluding hydrogens is 509 g/mol. The maximum absolute atomic E-state index is 12.5. The average molecular weight is 530 g/mol. The minimum Gasteiger partial charge on any atom is -0.497 e. The minimum absolute atomic E-state index is 0.143. The molecule has 36 heavy (non-hydrogen) atoms. The molecule has 0 saturated carbocycles. The molecule has 0 aliphatic rings. The first-order valence-corrected chi connectivity index (χ1v) is 11.3. The molecular formula is C25H21Cl2N3O6. The first kappa shape index (κ1) is 26.5. The summed E-state index contributed by atoms with van der Waals surface area (Å²) in [6, 6.07) is 15.6. The lowest BCUT2D eigenvalue weighted by Crippen LogP contribution is -2.32. The molecule has 0 unspecified atom stereocenters. The third-order valence-corrected chi connectivity index (χ3v) is 5.10. The summed E-state index contributed by atoms with van der Waals surface area (Å²) in [5, 5.41) is 6.78. The molecule has 3 aromatic rings. The number of halogens is 2. The molecule has 3 aromatic carbocycles. The second-order valence-corrected chi connectivity index (χ2v) is 7.88. The van der Waals surface area contributed by atoms with Crippen LogP contribution in [0.3, 0.4) is 0 Å². The van der Waals surface area contributed by atoms with E-state index in [0.717, 1.165) is 0 Å². The number of carbonyl (C=O) groups excluding carboxylic acids is 3. The Morgan fingerprint density at radius 3 is 2.36 bits per heavy atom. The second kappa shape index (κ2) is 12.6. The number of esters is 1. The van der Waals surface area contributed by atoms with Gasteiger partial charge in [0.2, 0.25) is 0 Å². The SMILES string of the molecule is CCOc1cc(/C=N/NC(=O)C(=O)Nc2ccc(OC)cc2)ccc1OC(=O)c1ccc(Cl)cc1Cl. The van der Waals surface area contributed by atoms with Crippen molar-refractivity contribution in [3.05, 3.63) is 81.8 Å². The van der Waals surface area contributed by atoms with E-state index in [1.165, 1.54) is 37.6 Å². The van der Waals surface area contributed by atoms with Crippen molar-refractivity contribution in [3.8, 4) is 17.2 Å². The summed E-state index contributed by atoms with van der Waals surface area (Å²) in [5.74, 6) is -1.50. The van der Waals surface area contributed by atoms with Crippen LogP contribution >= 0.6 is 23.2 Å². The molecule has 0 heterocycles. The number of hydrazone groups is 1. The van der Waals surface area contributed by atoms with Gasteiger partial charge in [0.1, 0.15) is 5.75 Å². The molecule has 11 heteroatoms.